The Kier molecular flexibility index (Phi) is 5.22. The van der Waals surface area contributed by atoms with Crippen molar-refractivity contribution in [3.8, 4) is 6.07 Å². The van der Waals surface area contributed by atoms with E-state index in [1.807, 2.05) is 11.3 Å². The first-order valence-electron chi connectivity index (χ1n) is 7.03. The molecule has 0 spiro atoms. The quantitative estimate of drug-likeness (QED) is 0.836. The Morgan fingerprint density at radius 3 is 3.00 bits per heavy atom. The van der Waals surface area contributed by atoms with Gasteiger partial charge in [0.05, 0.1) is 12.0 Å². The molecule has 18 heavy (non-hydrogen) atoms. The molecule has 3 heteroatoms. The van der Waals surface area contributed by atoms with E-state index in [1.165, 1.54) is 29.7 Å². The van der Waals surface area contributed by atoms with E-state index in [0.717, 1.165) is 25.8 Å². The minimum Gasteiger partial charge on any atom is -0.308 e. The van der Waals surface area contributed by atoms with Gasteiger partial charge in [0, 0.05) is 17.5 Å². The normalized spacial score (nSPS) is 24.4. The van der Waals surface area contributed by atoms with Crippen molar-refractivity contribution in [1.29, 1.82) is 5.26 Å². The molecule has 0 radical (unpaired) electrons. The van der Waals surface area contributed by atoms with Gasteiger partial charge < -0.3 is 5.32 Å². The maximum Gasteiger partial charge on any atom is 0.0672 e. The molecule has 2 atom stereocenters. The van der Waals surface area contributed by atoms with Crippen molar-refractivity contribution in [1.82, 2.24) is 5.32 Å². The summed E-state index contributed by atoms with van der Waals surface area (Å²) in [5.41, 5.74) is 1.45. The zero-order chi connectivity index (χ0) is 12.8. The molecule has 1 aliphatic carbocycles. The lowest BCUT2D eigenvalue weighted by molar-refractivity contribution is 0.394. The number of hydrogen-bond donors (Lipinski definition) is 1. The predicted molar refractivity (Wildman–Crippen MR) is 76.5 cm³/mol. The van der Waals surface area contributed by atoms with E-state index in [1.54, 1.807) is 0 Å². The van der Waals surface area contributed by atoms with Gasteiger partial charge in [-0.1, -0.05) is 26.2 Å². The van der Waals surface area contributed by atoms with Crippen LogP contribution in [-0.2, 0) is 13.0 Å². The minimum absolute atomic E-state index is 0.206. The highest BCUT2D eigenvalue weighted by Crippen LogP contribution is 2.24. The fourth-order valence-electron chi connectivity index (χ4n) is 2.77. The van der Waals surface area contributed by atoms with E-state index in [4.69, 9.17) is 0 Å². The number of aryl methyl sites for hydroxylation is 1. The lowest BCUT2D eigenvalue weighted by Crippen LogP contribution is -2.34. The van der Waals surface area contributed by atoms with Gasteiger partial charge in [-0.25, -0.2) is 0 Å². The highest BCUT2D eigenvalue weighted by Gasteiger charge is 2.23. The summed E-state index contributed by atoms with van der Waals surface area (Å²) in [7, 11) is 0. The van der Waals surface area contributed by atoms with Gasteiger partial charge in [-0.3, -0.25) is 0 Å². The van der Waals surface area contributed by atoms with Crippen molar-refractivity contribution in [3.63, 3.8) is 0 Å². The van der Waals surface area contributed by atoms with Gasteiger partial charge in [-0.2, -0.15) is 5.26 Å². The zero-order valence-electron chi connectivity index (χ0n) is 11.1. The summed E-state index contributed by atoms with van der Waals surface area (Å²) in [6.07, 6.45) is 7.10. The van der Waals surface area contributed by atoms with Crippen LogP contribution >= 0.6 is 11.3 Å². The molecule has 98 valence electrons. The Morgan fingerprint density at radius 2 is 2.22 bits per heavy atom. The summed E-state index contributed by atoms with van der Waals surface area (Å²) in [6.45, 7) is 3.14. The maximum atomic E-state index is 9.26. The maximum absolute atomic E-state index is 9.26. The fourth-order valence-corrected chi connectivity index (χ4v) is 3.69. The molecule has 0 bridgehead atoms. The number of hydrogen-bond acceptors (Lipinski definition) is 3. The van der Waals surface area contributed by atoms with Gasteiger partial charge in [-0.15, -0.1) is 11.3 Å². The second-order valence-electron chi connectivity index (χ2n) is 5.08. The van der Waals surface area contributed by atoms with Crippen LogP contribution in [0.1, 0.15) is 49.5 Å². The lowest BCUT2D eigenvalue weighted by Gasteiger charge is -2.20. The number of nitrogens with one attached hydrogen (secondary N) is 1. The molecule has 0 aliphatic heterocycles. The number of thiophene rings is 1. The van der Waals surface area contributed by atoms with Crippen LogP contribution in [0, 0.1) is 17.2 Å². The Bertz CT molecular complexity index is 405. The second-order valence-corrected chi connectivity index (χ2v) is 6.08. The molecule has 1 N–H and O–H groups in total. The smallest absolute Gasteiger partial charge is 0.0672 e. The molecule has 2 unspecified atom stereocenters. The fraction of sp³-hybridized carbons (Fsp3) is 0.667. The van der Waals surface area contributed by atoms with Crippen LogP contribution in [0.2, 0.25) is 0 Å². The average Bonchev–Trinajstić information content (AvgIpc) is 2.73. The van der Waals surface area contributed by atoms with E-state index in [2.05, 4.69) is 29.8 Å². The third-order valence-corrected chi connectivity index (χ3v) is 4.89. The number of nitrogens with zero attached hydrogens (tertiary/aromatic N) is 1. The van der Waals surface area contributed by atoms with Crippen molar-refractivity contribution >= 4 is 11.3 Å². The van der Waals surface area contributed by atoms with Crippen LogP contribution in [0.15, 0.2) is 11.4 Å². The zero-order valence-corrected chi connectivity index (χ0v) is 11.9. The monoisotopic (exact) mass is 262 g/mol. The first kappa shape index (κ1) is 13.6. The van der Waals surface area contributed by atoms with Gasteiger partial charge in [0.2, 0.25) is 0 Å². The van der Waals surface area contributed by atoms with Crippen LogP contribution in [0.5, 0.6) is 0 Å². The molecule has 0 aromatic carbocycles. The van der Waals surface area contributed by atoms with Crippen molar-refractivity contribution in [3.05, 3.63) is 21.9 Å². The van der Waals surface area contributed by atoms with E-state index in [0.29, 0.717) is 6.04 Å². The molecule has 1 aromatic heterocycles. The van der Waals surface area contributed by atoms with Gasteiger partial charge in [0.1, 0.15) is 0 Å². The van der Waals surface area contributed by atoms with Crippen LogP contribution < -0.4 is 5.32 Å². The highest BCUT2D eigenvalue weighted by molar-refractivity contribution is 7.10. The van der Waals surface area contributed by atoms with E-state index < -0.39 is 0 Å². The molecule has 1 saturated carbocycles. The third-order valence-electron chi connectivity index (χ3n) is 3.93. The van der Waals surface area contributed by atoms with Crippen LogP contribution in [0.25, 0.3) is 0 Å². The minimum atomic E-state index is 0.206. The molecule has 1 aliphatic rings. The van der Waals surface area contributed by atoms with Gasteiger partial charge >= 0.3 is 0 Å². The molecule has 1 aromatic rings. The number of nitriles is 1. The molecule has 0 saturated heterocycles. The third kappa shape index (κ3) is 3.34. The van der Waals surface area contributed by atoms with E-state index in [9.17, 15) is 5.26 Å². The first-order chi connectivity index (χ1) is 8.85. The van der Waals surface area contributed by atoms with Crippen LogP contribution in [0.3, 0.4) is 0 Å². The van der Waals surface area contributed by atoms with Gasteiger partial charge in [0.15, 0.2) is 0 Å². The van der Waals surface area contributed by atoms with Crippen molar-refractivity contribution in [2.45, 2.75) is 58.0 Å². The summed E-state index contributed by atoms with van der Waals surface area (Å²) >= 11 is 1.83. The molecule has 1 fully saturated rings. The molecule has 2 rings (SSSR count). The topological polar surface area (TPSA) is 35.8 Å². The van der Waals surface area contributed by atoms with E-state index in [-0.39, 0.29) is 5.92 Å². The SMILES string of the molecule is CCc1ccsc1CNC1CCCCCC1C#N. The molecule has 1 heterocycles. The predicted octanol–water partition coefficient (Wildman–Crippen LogP) is 3.87. The highest BCUT2D eigenvalue weighted by atomic mass is 32.1. The Hall–Kier alpha value is -0.850. The Labute approximate surface area is 114 Å². The molecule has 2 nitrogen and oxygen atoms in total. The van der Waals surface area contributed by atoms with Crippen LogP contribution in [0.4, 0.5) is 0 Å². The largest absolute Gasteiger partial charge is 0.308 e. The lowest BCUT2D eigenvalue weighted by atomic mass is 9.96. The van der Waals surface area contributed by atoms with Gasteiger partial charge in [-0.05, 0) is 36.3 Å². The number of rotatable bonds is 4. The Balaban J connectivity index is 1.93. The van der Waals surface area contributed by atoms with Crippen molar-refractivity contribution in [2.24, 2.45) is 5.92 Å². The summed E-state index contributed by atoms with van der Waals surface area (Å²) in [5.74, 6) is 0.206. The first-order valence-corrected chi connectivity index (χ1v) is 7.91. The Morgan fingerprint density at radius 1 is 1.39 bits per heavy atom. The van der Waals surface area contributed by atoms with E-state index >= 15 is 0 Å². The molecular formula is C15H22N2S. The average molecular weight is 262 g/mol. The van der Waals surface area contributed by atoms with Gasteiger partial charge in [0.25, 0.3) is 0 Å². The molecule has 0 amide bonds. The summed E-state index contributed by atoms with van der Waals surface area (Å²) in [5, 5.41) is 15.1. The summed E-state index contributed by atoms with van der Waals surface area (Å²) in [6, 6.07) is 5.11. The summed E-state index contributed by atoms with van der Waals surface area (Å²) in [4.78, 5) is 1.44. The molecular weight excluding hydrogens is 240 g/mol. The van der Waals surface area contributed by atoms with Crippen molar-refractivity contribution in [2.75, 3.05) is 0 Å². The summed E-state index contributed by atoms with van der Waals surface area (Å²) < 4.78 is 0. The standard InChI is InChI=1S/C15H22N2S/c1-2-12-8-9-18-15(12)11-17-14-7-5-3-4-6-13(14)10-16/h8-9,13-14,17H,2-7,11H2,1H3. The van der Waals surface area contributed by atoms with Crippen LogP contribution in [-0.4, -0.2) is 6.04 Å². The van der Waals surface area contributed by atoms with Crippen molar-refractivity contribution < 1.29 is 0 Å². The second kappa shape index (κ2) is 6.92.